The lowest BCUT2D eigenvalue weighted by atomic mass is 9.87. The van der Waals surface area contributed by atoms with Gasteiger partial charge in [-0.1, -0.05) is 61.5 Å². The lowest BCUT2D eigenvalue weighted by Crippen LogP contribution is -2.20. The molecule has 370 valence electrons. The minimum Gasteiger partial charge on any atom is -0.484 e. The van der Waals surface area contributed by atoms with Crippen LogP contribution in [0.1, 0.15) is 55.8 Å². The van der Waals surface area contributed by atoms with E-state index in [9.17, 15) is 19.2 Å². The van der Waals surface area contributed by atoms with Crippen LogP contribution in [0.4, 0.5) is 23.5 Å². The molecule has 0 saturated heterocycles. The van der Waals surface area contributed by atoms with Crippen LogP contribution < -0.4 is 26.0 Å². The highest BCUT2D eigenvalue weighted by molar-refractivity contribution is 6.07. The van der Waals surface area contributed by atoms with E-state index in [-0.39, 0.29) is 53.8 Å². The van der Waals surface area contributed by atoms with Crippen LogP contribution in [0.25, 0.3) is 45.7 Å². The maximum atomic E-state index is 13.4. The van der Waals surface area contributed by atoms with E-state index >= 15 is 0 Å². The molecule has 22 heteroatoms. The predicted molar refractivity (Wildman–Crippen MR) is 276 cm³/mol. The topological polar surface area (TPSA) is 302 Å². The maximum absolute atomic E-state index is 13.4. The minimum atomic E-state index is -0.462. The molecule has 10 aromatic rings. The number of aromatic amines is 3. The number of amides is 4. The molecule has 0 saturated carbocycles. The Bertz CT molecular complexity index is 3660. The Morgan fingerprint density at radius 3 is 1.81 bits per heavy atom. The summed E-state index contributed by atoms with van der Waals surface area (Å²) in [6.07, 6.45) is 8.07. The number of anilines is 4. The van der Waals surface area contributed by atoms with Crippen molar-refractivity contribution in [1.29, 1.82) is 0 Å². The third-order valence-corrected chi connectivity index (χ3v) is 11.8. The molecular weight excluding hydrogens is 955 g/mol. The number of hydrogen-bond acceptors (Lipinski definition) is 15. The van der Waals surface area contributed by atoms with E-state index in [0.29, 0.717) is 57.1 Å². The van der Waals surface area contributed by atoms with Crippen LogP contribution in [0, 0.1) is 6.92 Å². The Kier molecular flexibility index (Phi) is 13.9. The summed E-state index contributed by atoms with van der Waals surface area (Å²) in [5.74, 6) is 0.556. The molecule has 1 unspecified atom stereocenters. The van der Waals surface area contributed by atoms with Crippen molar-refractivity contribution >= 4 is 47.2 Å². The molecule has 7 heterocycles. The monoisotopic (exact) mass is 997 g/mol. The highest BCUT2D eigenvalue weighted by atomic mass is 16.5. The second-order valence-corrected chi connectivity index (χ2v) is 16.9. The number of nitrogens with zero attached hydrogens (tertiary/aromatic N) is 10. The van der Waals surface area contributed by atoms with Crippen molar-refractivity contribution in [2.45, 2.75) is 26.2 Å². The summed E-state index contributed by atoms with van der Waals surface area (Å²) in [7, 11) is 0. The van der Waals surface area contributed by atoms with Gasteiger partial charge in [0, 0.05) is 59.3 Å². The number of aromatic nitrogens is 13. The first-order chi connectivity index (χ1) is 36.6. The molecule has 1 atom stereocenters. The number of rotatable bonds is 17. The minimum absolute atomic E-state index is 0.00410. The van der Waals surface area contributed by atoms with Crippen LogP contribution in [-0.4, -0.2) is 95.7 Å². The van der Waals surface area contributed by atoms with Gasteiger partial charge in [0.2, 0.25) is 23.8 Å². The highest BCUT2D eigenvalue weighted by Crippen LogP contribution is 2.30. The van der Waals surface area contributed by atoms with Gasteiger partial charge in [-0.05, 0) is 95.9 Å². The number of carbonyl (C=O) groups is 4. The third-order valence-electron chi connectivity index (χ3n) is 11.8. The Morgan fingerprint density at radius 2 is 1.17 bits per heavy atom. The predicted octanol–water partition coefficient (Wildman–Crippen LogP) is 7.45. The van der Waals surface area contributed by atoms with Crippen molar-refractivity contribution in [2.75, 3.05) is 27.9 Å². The van der Waals surface area contributed by atoms with Crippen LogP contribution >= 0.6 is 0 Å². The molecule has 0 radical (unpaired) electrons. The lowest BCUT2D eigenvalue weighted by Gasteiger charge is -2.18. The van der Waals surface area contributed by atoms with Gasteiger partial charge < -0.3 is 25.0 Å². The Morgan fingerprint density at radius 1 is 0.547 bits per heavy atom. The zero-order chi connectivity index (χ0) is 51.7. The Labute approximate surface area is 426 Å². The lowest BCUT2D eigenvalue weighted by molar-refractivity contribution is -0.118. The molecule has 7 N–H and O–H groups in total. The Hall–Kier alpha value is -10.6. The van der Waals surface area contributed by atoms with Crippen molar-refractivity contribution in [3.63, 3.8) is 0 Å². The summed E-state index contributed by atoms with van der Waals surface area (Å²) < 4.78 is 5.79. The molecule has 0 aliphatic heterocycles. The van der Waals surface area contributed by atoms with Crippen molar-refractivity contribution in [3.05, 3.63) is 186 Å². The van der Waals surface area contributed by atoms with E-state index in [2.05, 4.69) is 93.7 Å². The van der Waals surface area contributed by atoms with Crippen molar-refractivity contribution in [3.8, 4) is 51.4 Å². The number of pyridine rings is 4. The summed E-state index contributed by atoms with van der Waals surface area (Å²) >= 11 is 0. The largest absolute Gasteiger partial charge is 0.484 e. The number of ether oxygens (including phenoxy) is 1. The molecule has 4 amide bonds. The fraction of sp³-hybridized carbons (Fsp3) is 0.0943. The van der Waals surface area contributed by atoms with Gasteiger partial charge in [0.15, 0.2) is 24.1 Å². The summed E-state index contributed by atoms with van der Waals surface area (Å²) in [5, 5.41) is 35.3. The summed E-state index contributed by atoms with van der Waals surface area (Å²) in [6.45, 7) is 3.81. The molecule has 10 rings (SSSR count). The van der Waals surface area contributed by atoms with E-state index in [1.54, 1.807) is 97.6 Å². The van der Waals surface area contributed by atoms with Crippen LogP contribution in [0.2, 0.25) is 0 Å². The summed E-state index contributed by atoms with van der Waals surface area (Å²) in [6, 6.07) is 35.9. The van der Waals surface area contributed by atoms with Crippen molar-refractivity contribution in [1.82, 2.24) is 65.5 Å². The smallest absolute Gasteiger partial charge is 0.264 e. The normalized spacial score (nSPS) is 11.3. The van der Waals surface area contributed by atoms with Crippen LogP contribution in [0.3, 0.4) is 0 Å². The molecule has 0 aliphatic carbocycles. The molecule has 7 aromatic heterocycles. The number of nitrogens with one attached hydrogen (secondary N) is 7. The van der Waals surface area contributed by atoms with Crippen LogP contribution in [0.5, 0.6) is 5.75 Å². The number of carbonyl (C=O) groups excluding carboxylic acids is 4. The summed E-state index contributed by atoms with van der Waals surface area (Å²) in [5.41, 5.74) is 7.86. The molecular formula is C53H43N17O5. The van der Waals surface area contributed by atoms with Crippen LogP contribution in [-0.2, 0) is 16.0 Å². The quantitative estimate of drug-likeness (QED) is 0.0466. The van der Waals surface area contributed by atoms with Gasteiger partial charge in [-0.25, -0.2) is 0 Å². The van der Waals surface area contributed by atoms with Gasteiger partial charge >= 0.3 is 0 Å². The molecule has 22 nitrogen and oxygen atoms in total. The zero-order valence-electron chi connectivity index (χ0n) is 39.9. The summed E-state index contributed by atoms with van der Waals surface area (Å²) in [4.78, 5) is 78.4. The number of H-pyrrole nitrogens is 3. The maximum Gasteiger partial charge on any atom is 0.264 e. The van der Waals surface area contributed by atoms with Crippen molar-refractivity contribution in [2.24, 2.45) is 0 Å². The fourth-order valence-corrected chi connectivity index (χ4v) is 7.92. The third kappa shape index (κ3) is 11.6. The van der Waals surface area contributed by atoms with E-state index in [4.69, 9.17) is 4.74 Å². The molecule has 0 fully saturated rings. The fourth-order valence-electron chi connectivity index (χ4n) is 7.92. The second kappa shape index (κ2) is 21.8. The standard InChI is InChI=1S/C53H43N17O5/c1-30(40-12-8-9-33(31(40)2)25-44(71)59-51-61-46(65-68-51)41-13-3-5-21-55-41)32-15-18-39(19-16-32)75-29-45(72)60-52-62-48(67-69-52)43-20-17-35(28-57-43)36-23-37(27-54-26-36)50(74)58-38-11-7-10-34(24-38)49(73)64-53-63-47(66-70-53)42-14-4-6-22-56-42/h3-24,26-28,30H,25,29H2,1-2H3,(H,58,74)(H2,59,61,65,68,71)(H2,60,62,67,69,72)(H2,63,64,66,70,73). The first-order valence-electron chi connectivity index (χ1n) is 23.2. The van der Waals surface area contributed by atoms with Gasteiger partial charge in [-0.2, -0.15) is 0 Å². The van der Waals surface area contributed by atoms with E-state index in [0.717, 1.165) is 22.3 Å². The second-order valence-electron chi connectivity index (χ2n) is 16.9. The SMILES string of the molecule is Cc1c(CC(=O)Nc2nnc(-c3ccccn3)[nH]2)cccc1C(C)c1ccc(OCC(=O)Nc2nnc(-c3ccc(-c4cncc(C(=O)Nc5cccc(C(=O)Nc6nnc(-c7ccccn7)[nH]6)c5)c4)cn3)[nH]2)cc1. The average molecular weight is 998 g/mol. The van der Waals surface area contributed by atoms with Gasteiger partial charge in [0.05, 0.1) is 12.0 Å². The number of benzene rings is 3. The van der Waals surface area contributed by atoms with E-state index in [1.165, 1.54) is 12.3 Å². The molecule has 75 heavy (non-hydrogen) atoms. The first-order valence-corrected chi connectivity index (χ1v) is 23.2. The average Bonchev–Trinajstić information content (AvgIpc) is 4.24. The zero-order valence-corrected chi connectivity index (χ0v) is 39.9. The van der Waals surface area contributed by atoms with Crippen molar-refractivity contribution < 1.29 is 23.9 Å². The highest BCUT2D eigenvalue weighted by Gasteiger charge is 2.19. The molecule has 0 bridgehead atoms. The van der Waals surface area contributed by atoms with Gasteiger partial charge in [-0.3, -0.25) is 55.1 Å². The number of hydrogen-bond donors (Lipinski definition) is 7. The van der Waals surface area contributed by atoms with Gasteiger partial charge in [0.25, 0.3) is 17.7 Å². The van der Waals surface area contributed by atoms with Gasteiger partial charge in [0.1, 0.15) is 22.8 Å². The molecule has 0 spiro atoms. The van der Waals surface area contributed by atoms with Crippen LogP contribution in [0.15, 0.2) is 152 Å². The Balaban J connectivity index is 0.687. The first kappa shape index (κ1) is 48.0. The molecule has 0 aliphatic rings. The van der Waals surface area contributed by atoms with Gasteiger partial charge in [-0.15, -0.1) is 30.6 Å². The van der Waals surface area contributed by atoms with E-state index in [1.807, 2.05) is 49.4 Å². The molecule has 3 aromatic carbocycles. The van der Waals surface area contributed by atoms with E-state index < -0.39 is 17.7 Å².